The fraction of sp³-hybridized carbons (Fsp3) is 0.381. The summed E-state index contributed by atoms with van der Waals surface area (Å²) in [4.78, 5) is 8.48. The molecule has 1 aliphatic rings. The minimum absolute atomic E-state index is 0.0264. The summed E-state index contributed by atoms with van der Waals surface area (Å²) in [5.41, 5.74) is 6.01. The van der Waals surface area contributed by atoms with E-state index in [2.05, 4.69) is 29.9 Å². The van der Waals surface area contributed by atoms with E-state index in [-0.39, 0.29) is 6.23 Å². The van der Waals surface area contributed by atoms with E-state index in [9.17, 15) is 0 Å². The van der Waals surface area contributed by atoms with Crippen LogP contribution in [0.15, 0.2) is 36.9 Å². The fourth-order valence-electron chi connectivity index (χ4n) is 3.50. The maximum absolute atomic E-state index is 5.93. The van der Waals surface area contributed by atoms with Crippen LogP contribution in [0.25, 0.3) is 22.5 Å². The number of hydrogen-bond donors (Lipinski definition) is 0. The van der Waals surface area contributed by atoms with Gasteiger partial charge in [0.25, 0.3) is 0 Å². The molecule has 0 amide bonds. The first-order valence-corrected chi connectivity index (χ1v) is 9.30. The van der Waals surface area contributed by atoms with Crippen LogP contribution in [-0.4, -0.2) is 33.5 Å². The maximum atomic E-state index is 5.93. The van der Waals surface area contributed by atoms with Crippen LogP contribution in [0.2, 0.25) is 0 Å². The van der Waals surface area contributed by atoms with Gasteiger partial charge in [0.1, 0.15) is 24.0 Å². The van der Waals surface area contributed by atoms with Crippen molar-refractivity contribution in [3.05, 3.63) is 48.0 Å². The van der Waals surface area contributed by atoms with Gasteiger partial charge in [0.2, 0.25) is 0 Å². The largest absolute Gasteiger partial charge is 0.496 e. The van der Waals surface area contributed by atoms with Crippen LogP contribution in [0, 0.1) is 13.8 Å². The van der Waals surface area contributed by atoms with E-state index in [1.165, 1.54) is 5.56 Å². The Morgan fingerprint density at radius 2 is 2.11 bits per heavy atom. The van der Waals surface area contributed by atoms with Gasteiger partial charge in [-0.15, -0.1) is 0 Å². The van der Waals surface area contributed by atoms with Gasteiger partial charge in [-0.3, -0.25) is 0 Å². The zero-order chi connectivity index (χ0) is 18.8. The molecule has 0 aliphatic carbocycles. The molecule has 1 aliphatic heterocycles. The Morgan fingerprint density at radius 1 is 1.22 bits per heavy atom. The molecule has 6 heteroatoms. The topological polar surface area (TPSA) is 62.1 Å². The number of nitrogens with zero attached hydrogens (tertiary/aromatic N) is 4. The van der Waals surface area contributed by atoms with E-state index in [1.54, 1.807) is 19.6 Å². The zero-order valence-corrected chi connectivity index (χ0v) is 16.0. The predicted molar refractivity (Wildman–Crippen MR) is 104 cm³/mol. The number of benzene rings is 1. The van der Waals surface area contributed by atoms with Crippen LogP contribution in [0.4, 0.5) is 0 Å². The molecule has 27 heavy (non-hydrogen) atoms. The van der Waals surface area contributed by atoms with Crippen molar-refractivity contribution in [2.24, 2.45) is 0 Å². The highest BCUT2D eigenvalue weighted by molar-refractivity contribution is 5.79. The maximum Gasteiger partial charge on any atom is 0.150 e. The van der Waals surface area contributed by atoms with E-state index in [0.717, 1.165) is 59.7 Å². The lowest BCUT2D eigenvalue weighted by Gasteiger charge is -2.22. The van der Waals surface area contributed by atoms with Crippen molar-refractivity contribution in [1.82, 2.24) is 19.7 Å². The molecule has 0 radical (unpaired) electrons. The second-order valence-electron chi connectivity index (χ2n) is 6.91. The van der Waals surface area contributed by atoms with Crippen molar-refractivity contribution < 1.29 is 9.47 Å². The monoisotopic (exact) mass is 364 g/mol. The van der Waals surface area contributed by atoms with Crippen LogP contribution in [0.3, 0.4) is 0 Å². The summed E-state index contributed by atoms with van der Waals surface area (Å²) in [6.45, 7) is 4.94. The minimum atomic E-state index is -0.0264. The summed E-state index contributed by atoms with van der Waals surface area (Å²) >= 11 is 0. The van der Waals surface area contributed by atoms with Crippen LogP contribution in [0.5, 0.6) is 5.75 Å². The Labute approximate surface area is 159 Å². The standard InChI is InChI=1S/C21H24N4O2/c1-14-10-16(11-19(26-3)15(14)2)21-17(18-7-8-22-13-23-18)12-25(24-21)20-6-4-5-9-27-20/h7-8,10-13,20H,4-6,9H2,1-3H3. The van der Waals surface area contributed by atoms with Gasteiger partial charge >= 0.3 is 0 Å². The number of methoxy groups -OCH3 is 1. The van der Waals surface area contributed by atoms with Gasteiger partial charge in [-0.1, -0.05) is 0 Å². The molecule has 0 saturated carbocycles. The molecule has 0 spiro atoms. The van der Waals surface area contributed by atoms with Gasteiger partial charge in [0, 0.05) is 30.1 Å². The summed E-state index contributed by atoms with van der Waals surface area (Å²) in [6, 6.07) is 6.10. The second kappa shape index (κ2) is 7.48. The summed E-state index contributed by atoms with van der Waals surface area (Å²) in [7, 11) is 1.70. The molecule has 6 nitrogen and oxygen atoms in total. The van der Waals surface area contributed by atoms with Crippen LogP contribution >= 0.6 is 0 Å². The fourth-order valence-corrected chi connectivity index (χ4v) is 3.50. The number of hydrogen-bond acceptors (Lipinski definition) is 5. The van der Waals surface area contributed by atoms with Gasteiger partial charge in [-0.05, 0) is 62.4 Å². The normalized spacial score (nSPS) is 17.1. The van der Waals surface area contributed by atoms with Crippen molar-refractivity contribution in [3.8, 4) is 28.3 Å². The second-order valence-corrected chi connectivity index (χ2v) is 6.91. The van der Waals surface area contributed by atoms with Crippen molar-refractivity contribution in [2.75, 3.05) is 13.7 Å². The Kier molecular flexibility index (Phi) is 4.90. The molecule has 0 bridgehead atoms. The lowest BCUT2D eigenvalue weighted by atomic mass is 10.00. The average Bonchev–Trinajstić information content (AvgIpc) is 3.17. The molecule has 4 rings (SSSR count). The highest BCUT2D eigenvalue weighted by Gasteiger charge is 2.22. The van der Waals surface area contributed by atoms with Gasteiger partial charge in [0.15, 0.2) is 0 Å². The molecule has 3 aromatic rings. The SMILES string of the molecule is COc1cc(-c2nn(C3CCCCO3)cc2-c2ccncn2)cc(C)c1C. The lowest BCUT2D eigenvalue weighted by Crippen LogP contribution is -2.18. The smallest absolute Gasteiger partial charge is 0.150 e. The van der Waals surface area contributed by atoms with Gasteiger partial charge in [-0.2, -0.15) is 5.10 Å². The zero-order valence-electron chi connectivity index (χ0n) is 16.0. The van der Waals surface area contributed by atoms with Crippen molar-refractivity contribution >= 4 is 0 Å². The summed E-state index contributed by atoms with van der Waals surface area (Å²) in [6.07, 6.45) is 8.56. The number of aryl methyl sites for hydroxylation is 1. The average molecular weight is 364 g/mol. The first kappa shape index (κ1) is 17.7. The number of ether oxygens (including phenoxy) is 2. The molecule has 1 aromatic carbocycles. The van der Waals surface area contributed by atoms with E-state index in [0.29, 0.717) is 0 Å². The van der Waals surface area contributed by atoms with E-state index in [4.69, 9.17) is 14.6 Å². The first-order valence-electron chi connectivity index (χ1n) is 9.30. The van der Waals surface area contributed by atoms with Crippen molar-refractivity contribution in [1.29, 1.82) is 0 Å². The van der Waals surface area contributed by atoms with Crippen LogP contribution in [0.1, 0.15) is 36.6 Å². The molecule has 1 atom stereocenters. The molecule has 0 N–H and O–H groups in total. The van der Waals surface area contributed by atoms with Crippen LogP contribution < -0.4 is 4.74 Å². The van der Waals surface area contributed by atoms with Gasteiger partial charge < -0.3 is 9.47 Å². The molecular formula is C21H24N4O2. The summed E-state index contributed by atoms with van der Waals surface area (Å²) < 4.78 is 13.4. The highest BCUT2D eigenvalue weighted by Crippen LogP contribution is 2.36. The third kappa shape index (κ3) is 3.45. The van der Waals surface area contributed by atoms with Crippen molar-refractivity contribution in [3.63, 3.8) is 0 Å². The first-order chi connectivity index (χ1) is 13.2. The number of rotatable bonds is 4. The van der Waals surface area contributed by atoms with Gasteiger partial charge in [0.05, 0.1) is 12.8 Å². The number of aromatic nitrogens is 4. The molecule has 3 heterocycles. The molecule has 1 saturated heterocycles. The van der Waals surface area contributed by atoms with E-state index in [1.807, 2.05) is 23.0 Å². The molecule has 140 valence electrons. The molecular weight excluding hydrogens is 340 g/mol. The van der Waals surface area contributed by atoms with Crippen LogP contribution in [-0.2, 0) is 4.74 Å². The predicted octanol–water partition coefficient (Wildman–Crippen LogP) is 4.33. The third-order valence-electron chi connectivity index (χ3n) is 5.15. The summed E-state index contributed by atoms with van der Waals surface area (Å²) in [5.74, 6) is 0.863. The quantitative estimate of drug-likeness (QED) is 0.689. The molecule has 1 unspecified atom stereocenters. The Morgan fingerprint density at radius 3 is 2.81 bits per heavy atom. The van der Waals surface area contributed by atoms with Gasteiger partial charge in [-0.25, -0.2) is 14.6 Å². The molecule has 1 fully saturated rings. The van der Waals surface area contributed by atoms with E-state index >= 15 is 0 Å². The molecule has 2 aromatic heterocycles. The van der Waals surface area contributed by atoms with Crippen molar-refractivity contribution in [2.45, 2.75) is 39.3 Å². The minimum Gasteiger partial charge on any atom is -0.496 e. The summed E-state index contributed by atoms with van der Waals surface area (Å²) in [5, 5.41) is 4.90. The third-order valence-corrected chi connectivity index (χ3v) is 5.15. The van der Waals surface area contributed by atoms with E-state index < -0.39 is 0 Å². The lowest BCUT2D eigenvalue weighted by molar-refractivity contribution is -0.0393. The Hall–Kier alpha value is -2.73. The Balaban J connectivity index is 1.86. The highest BCUT2D eigenvalue weighted by atomic mass is 16.5. The Bertz CT molecular complexity index is 931.